The Kier molecular flexibility index (Phi) is 3.85. The number of aryl methyl sites for hydroxylation is 1. The first-order valence-electron chi connectivity index (χ1n) is 8.55. The minimum Gasteiger partial charge on any atom is -0.306 e. The Morgan fingerprint density at radius 2 is 1.79 bits per heavy atom. The Morgan fingerprint density at radius 3 is 2.50 bits per heavy atom. The minimum absolute atomic E-state index is 0.218. The first-order chi connectivity index (χ1) is 11.6. The molecule has 2 aromatic heterocycles. The molecule has 1 saturated heterocycles. The van der Waals surface area contributed by atoms with Crippen molar-refractivity contribution in [3.63, 3.8) is 0 Å². The highest BCUT2D eigenvalue weighted by molar-refractivity contribution is 5.66. The summed E-state index contributed by atoms with van der Waals surface area (Å²) in [6, 6.07) is 11.0. The van der Waals surface area contributed by atoms with Crippen LogP contribution in [0.2, 0.25) is 0 Å². The van der Waals surface area contributed by atoms with Crippen molar-refractivity contribution in [2.24, 2.45) is 0 Å². The van der Waals surface area contributed by atoms with Gasteiger partial charge in [-0.15, -0.1) is 0 Å². The molecule has 1 fully saturated rings. The SMILES string of the molecule is Cc1c(-c2ccc(F)cc2)nc2cc(C3CCN(C)CC3)ccn12. The predicted octanol–water partition coefficient (Wildman–Crippen LogP) is 4.26. The molecule has 3 nitrogen and oxygen atoms in total. The van der Waals surface area contributed by atoms with E-state index in [9.17, 15) is 4.39 Å². The molecule has 1 aliphatic rings. The maximum Gasteiger partial charge on any atom is 0.137 e. The van der Waals surface area contributed by atoms with Gasteiger partial charge in [0.05, 0.1) is 5.69 Å². The van der Waals surface area contributed by atoms with Crippen molar-refractivity contribution in [3.05, 3.63) is 59.7 Å². The highest BCUT2D eigenvalue weighted by atomic mass is 19.1. The summed E-state index contributed by atoms with van der Waals surface area (Å²) in [6.07, 6.45) is 4.53. The van der Waals surface area contributed by atoms with Crippen LogP contribution in [0.25, 0.3) is 16.9 Å². The number of fused-ring (bicyclic) bond motifs is 1. The molecule has 0 aliphatic carbocycles. The molecule has 0 bridgehead atoms. The van der Waals surface area contributed by atoms with Gasteiger partial charge in [0.2, 0.25) is 0 Å². The molecule has 124 valence electrons. The first-order valence-corrected chi connectivity index (χ1v) is 8.55. The quantitative estimate of drug-likeness (QED) is 0.702. The molecule has 24 heavy (non-hydrogen) atoms. The smallest absolute Gasteiger partial charge is 0.137 e. The lowest BCUT2D eigenvalue weighted by atomic mass is 9.90. The summed E-state index contributed by atoms with van der Waals surface area (Å²) in [5.74, 6) is 0.405. The molecule has 0 saturated carbocycles. The van der Waals surface area contributed by atoms with Gasteiger partial charge >= 0.3 is 0 Å². The number of benzene rings is 1. The van der Waals surface area contributed by atoms with E-state index in [1.54, 1.807) is 12.1 Å². The molecule has 0 amide bonds. The minimum atomic E-state index is -0.218. The Hall–Kier alpha value is -2.20. The van der Waals surface area contributed by atoms with Gasteiger partial charge in [0.15, 0.2) is 0 Å². The van der Waals surface area contributed by atoms with E-state index in [0.29, 0.717) is 5.92 Å². The number of nitrogens with zero attached hydrogens (tertiary/aromatic N) is 3. The maximum absolute atomic E-state index is 13.2. The zero-order valence-corrected chi connectivity index (χ0v) is 14.2. The Morgan fingerprint density at radius 1 is 1.08 bits per heavy atom. The monoisotopic (exact) mass is 323 g/mol. The van der Waals surface area contributed by atoms with Crippen LogP contribution in [0.4, 0.5) is 4.39 Å². The second-order valence-electron chi connectivity index (χ2n) is 6.82. The molecule has 0 radical (unpaired) electrons. The molecule has 4 heteroatoms. The molecule has 3 aromatic rings. The lowest BCUT2D eigenvalue weighted by Crippen LogP contribution is -2.29. The molecular weight excluding hydrogens is 301 g/mol. The third kappa shape index (κ3) is 2.71. The maximum atomic E-state index is 13.2. The van der Waals surface area contributed by atoms with Gasteiger partial charge < -0.3 is 9.30 Å². The summed E-state index contributed by atoms with van der Waals surface area (Å²) in [6.45, 7) is 4.38. The fraction of sp³-hybridized carbons (Fsp3) is 0.350. The van der Waals surface area contributed by atoms with Gasteiger partial charge in [-0.1, -0.05) is 0 Å². The summed E-state index contributed by atoms with van der Waals surface area (Å²) >= 11 is 0. The second-order valence-corrected chi connectivity index (χ2v) is 6.82. The zero-order valence-electron chi connectivity index (χ0n) is 14.2. The summed E-state index contributed by atoms with van der Waals surface area (Å²) in [5, 5.41) is 0. The van der Waals surface area contributed by atoms with Gasteiger partial charge in [-0.25, -0.2) is 9.37 Å². The summed E-state index contributed by atoms with van der Waals surface area (Å²) < 4.78 is 15.3. The highest BCUT2D eigenvalue weighted by Crippen LogP contribution is 2.30. The fourth-order valence-corrected chi connectivity index (χ4v) is 3.66. The van der Waals surface area contributed by atoms with Crippen LogP contribution in [-0.4, -0.2) is 34.4 Å². The number of likely N-dealkylation sites (tertiary alicyclic amines) is 1. The Balaban J connectivity index is 1.71. The van der Waals surface area contributed by atoms with Gasteiger partial charge in [-0.05, 0) is 87.8 Å². The van der Waals surface area contributed by atoms with Gasteiger partial charge in [-0.3, -0.25) is 0 Å². The standard InChI is InChI=1S/C20H22FN3/c1-14-20(16-3-5-18(21)6-4-16)22-19-13-17(9-12-24(14)19)15-7-10-23(2)11-8-15/h3-6,9,12-13,15H,7-8,10-11H2,1-2H3. The number of hydrogen-bond donors (Lipinski definition) is 0. The number of aromatic nitrogens is 2. The van der Waals surface area contributed by atoms with Gasteiger partial charge in [0.1, 0.15) is 11.5 Å². The third-order valence-electron chi connectivity index (χ3n) is 5.20. The Labute approximate surface area is 141 Å². The fourth-order valence-electron chi connectivity index (χ4n) is 3.66. The van der Waals surface area contributed by atoms with Crippen LogP contribution in [0.1, 0.15) is 30.0 Å². The van der Waals surface area contributed by atoms with Crippen LogP contribution in [0.3, 0.4) is 0 Å². The van der Waals surface area contributed by atoms with E-state index in [1.807, 2.05) is 0 Å². The molecule has 4 rings (SSSR count). The Bertz CT molecular complexity index is 858. The zero-order chi connectivity index (χ0) is 16.7. The van der Waals surface area contributed by atoms with Crippen molar-refractivity contribution in [2.75, 3.05) is 20.1 Å². The number of rotatable bonds is 2. The number of hydrogen-bond acceptors (Lipinski definition) is 2. The van der Waals surface area contributed by atoms with Crippen LogP contribution in [0, 0.1) is 12.7 Å². The van der Waals surface area contributed by atoms with Gasteiger partial charge in [0, 0.05) is 17.5 Å². The van der Waals surface area contributed by atoms with Crippen molar-refractivity contribution >= 4 is 5.65 Å². The van der Waals surface area contributed by atoms with Crippen molar-refractivity contribution in [2.45, 2.75) is 25.7 Å². The average molecular weight is 323 g/mol. The normalized spacial score (nSPS) is 16.8. The lowest BCUT2D eigenvalue weighted by molar-refractivity contribution is 0.255. The van der Waals surface area contributed by atoms with E-state index in [4.69, 9.17) is 4.98 Å². The van der Waals surface area contributed by atoms with E-state index in [0.717, 1.165) is 35.7 Å². The van der Waals surface area contributed by atoms with Gasteiger partial charge in [-0.2, -0.15) is 0 Å². The lowest BCUT2D eigenvalue weighted by Gasteiger charge is -2.29. The van der Waals surface area contributed by atoms with E-state index in [2.05, 4.69) is 41.6 Å². The van der Waals surface area contributed by atoms with Crippen LogP contribution in [0.15, 0.2) is 42.6 Å². The summed E-state index contributed by atoms with van der Waals surface area (Å²) in [4.78, 5) is 7.20. The predicted molar refractivity (Wildman–Crippen MR) is 94.8 cm³/mol. The molecule has 0 atom stereocenters. The van der Waals surface area contributed by atoms with Crippen molar-refractivity contribution in [1.29, 1.82) is 0 Å². The number of imidazole rings is 1. The van der Waals surface area contributed by atoms with Crippen molar-refractivity contribution in [1.82, 2.24) is 14.3 Å². The average Bonchev–Trinajstić information content (AvgIpc) is 2.92. The van der Waals surface area contributed by atoms with E-state index in [1.165, 1.54) is 30.5 Å². The van der Waals surface area contributed by atoms with E-state index >= 15 is 0 Å². The van der Waals surface area contributed by atoms with E-state index < -0.39 is 0 Å². The molecule has 0 spiro atoms. The van der Waals surface area contributed by atoms with Crippen LogP contribution in [-0.2, 0) is 0 Å². The van der Waals surface area contributed by atoms with Crippen molar-refractivity contribution < 1.29 is 4.39 Å². The number of pyridine rings is 1. The molecule has 1 aromatic carbocycles. The summed E-state index contributed by atoms with van der Waals surface area (Å²) in [7, 11) is 2.19. The first kappa shape index (κ1) is 15.3. The van der Waals surface area contributed by atoms with Crippen molar-refractivity contribution in [3.8, 4) is 11.3 Å². The van der Waals surface area contributed by atoms with Crippen LogP contribution < -0.4 is 0 Å². The molecule has 1 aliphatic heterocycles. The number of halogens is 1. The summed E-state index contributed by atoms with van der Waals surface area (Å²) in [5.41, 5.74) is 5.33. The molecular formula is C20H22FN3. The van der Waals surface area contributed by atoms with Crippen LogP contribution >= 0.6 is 0 Å². The molecule has 0 N–H and O–H groups in total. The van der Waals surface area contributed by atoms with Gasteiger partial charge in [0.25, 0.3) is 0 Å². The third-order valence-corrected chi connectivity index (χ3v) is 5.20. The second kappa shape index (κ2) is 6.02. The molecule has 3 heterocycles. The molecule has 0 unspecified atom stereocenters. The largest absolute Gasteiger partial charge is 0.306 e. The highest BCUT2D eigenvalue weighted by Gasteiger charge is 2.19. The topological polar surface area (TPSA) is 20.5 Å². The van der Waals surface area contributed by atoms with E-state index in [-0.39, 0.29) is 5.82 Å². The van der Waals surface area contributed by atoms with Crippen LogP contribution in [0.5, 0.6) is 0 Å². The number of piperidine rings is 1.